The highest BCUT2D eigenvalue weighted by molar-refractivity contribution is 5.84. The Labute approximate surface area is 116 Å². The fourth-order valence-electron chi connectivity index (χ4n) is 1.76. The van der Waals surface area contributed by atoms with Crippen LogP contribution >= 0.6 is 0 Å². The molecule has 1 rings (SSSR count). The van der Waals surface area contributed by atoms with Gasteiger partial charge in [-0.25, -0.2) is 8.78 Å². The van der Waals surface area contributed by atoms with E-state index in [9.17, 15) is 18.4 Å². The number of carbonyl (C=O) groups is 2. The van der Waals surface area contributed by atoms with Gasteiger partial charge in [0.25, 0.3) is 0 Å². The van der Waals surface area contributed by atoms with Crippen molar-refractivity contribution in [1.82, 2.24) is 4.90 Å². The molecule has 0 heterocycles. The zero-order chi connectivity index (χ0) is 15.4. The summed E-state index contributed by atoms with van der Waals surface area (Å²) in [5, 5.41) is 8.88. The van der Waals surface area contributed by atoms with Gasteiger partial charge in [-0.15, -0.1) is 0 Å². The maximum atomic E-state index is 13.5. The van der Waals surface area contributed by atoms with Gasteiger partial charge in [0.05, 0.1) is 5.92 Å². The standard InChI is InChI=1S/C14H17F2NO3/c1-8(9(2)14(19)20)13(18)17(3)7-10-4-5-11(15)6-12(10)16/h4-6,8-9H,7H2,1-3H3,(H,19,20). The Morgan fingerprint density at radius 3 is 2.35 bits per heavy atom. The number of carboxylic acids is 1. The smallest absolute Gasteiger partial charge is 0.307 e. The van der Waals surface area contributed by atoms with Crippen LogP contribution in [0.3, 0.4) is 0 Å². The lowest BCUT2D eigenvalue weighted by Gasteiger charge is -2.23. The molecule has 1 aromatic carbocycles. The molecule has 0 aromatic heterocycles. The van der Waals surface area contributed by atoms with E-state index in [1.165, 1.54) is 31.9 Å². The molecule has 2 unspecified atom stereocenters. The molecule has 0 saturated carbocycles. The van der Waals surface area contributed by atoms with Crippen molar-refractivity contribution in [2.24, 2.45) is 11.8 Å². The maximum absolute atomic E-state index is 13.5. The lowest BCUT2D eigenvalue weighted by atomic mass is 9.94. The molecule has 110 valence electrons. The molecule has 0 aliphatic rings. The summed E-state index contributed by atoms with van der Waals surface area (Å²) < 4.78 is 26.3. The van der Waals surface area contributed by atoms with Gasteiger partial charge >= 0.3 is 5.97 Å². The van der Waals surface area contributed by atoms with Crippen molar-refractivity contribution in [3.63, 3.8) is 0 Å². The van der Waals surface area contributed by atoms with Crippen molar-refractivity contribution in [2.75, 3.05) is 7.05 Å². The normalized spacial score (nSPS) is 13.7. The number of hydrogen-bond donors (Lipinski definition) is 1. The highest BCUT2D eigenvalue weighted by Crippen LogP contribution is 2.17. The van der Waals surface area contributed by atoms with Crippen molar-refractivity contribution in [3.8, 4) is 0 Å². The van der Waals surface area contributed by atoms with Crippen LogP contribution in [0.25, 0.3) is 0 Å². The van der Waals surface area contributed by atoms with E-state index in [1.54, 1.807) is 0 Å². The Balaban J connectivity index is 2.77. The summed E-state index contributed by atoms with van der Waals surface area (Å²) in [7, 11) is 1.45. The molecule has 1 amide bonds. The first kappa shape index (κ1) is 16.1. The number of amides is 1. The first-order chi connectivity index (χ1) is 9.23. The number of hydrogen-bond acceptors (Lipinski definition) is 2. The second-order valence-electron chi connectivity index (χ2n) is 4.85. The average Bonchev–Trinajstić information content (AvgIpc) is 2.39. The zero-order valence-corrected chi connectivity index (χ0v) is 11.6. The van der Waals surface area contributed by atoms with Crippen LogP contribution in [0.4, 0.5) is 8.78 Å². The molecular formula is C14H17F2NO3. The van der Waals surface area contributed by atoms with E-state index >= 15 is 0 Å². The van der Waals surface area contributed by atoms with Crippen LogP contribution in [0.2, 0.25) is 0 Å². The predicted octanol–water partition coefficient (Wildman–Crippen LogP) is 2.28. The minimum Gasteiger partial charge on any atom is -0.481 e. The van der Waals surface area contributed by atoms with E-state index in [1.807, 2.05) is 0 Å². The van der Waals surface area contributed by atoms with Gasteiger partial charge < -0.3 is 10.0 Å². The molecule has 20 heavy (non-hydrogen) atoms. The molecule has 0 spiro atoms. The highest BCUT2D eigenvalue weighted by atomic mass is 19.1. The molecule has 6 heteroatoms. The maximum Gasteiger partial charge on any atom is 0.307 e. The van der Waals surface area contributed by atoms with Crippen molar-refractivity contribution in [1.29, 1.82) is 0 Å². The topological polar surface area (TPSA) is 57.6 Å². The summed E-state index contributed by atoms with van der Waals surface area (Å²) in [4.78, 5) is 24.1. The largest absolute Gasteiger partial charge is 0.481 e. The number of rotatable bonds is 5. The van der Waals surface area contributed by atoms with Crippen LogP contribution < -0.4 is 0 Å². The second-order valence-corrected chi connectivity index (χ2v) is 4.85. The summed E-state index contributed by atoms with van der Waals surface area (Å²) in [6.45, 7) is 2.91. The van der Waals surface area contributed by atoms with Gasteiger partial charge in [0.2, 0.25) is 5.91 Å². The monoisotopic (exact) mass is 285 g/mol. The van der Waals surface area contributed by atoms with Gasteiger partial charge in [0, 0.05) is 31.1 Å². The molecule has 0 aliphatic heterocycles. The molecule has 0 bridgehead atoms. The van der Waals surface area contributed by atoms with Gasteiger partial charge in [-0.1, -0.05) is 19.9 Å². The van der Waals surface area contributed by atoms with E-state index in [0.717, 1.165) is 12.1 Å². The molecule has 4 nitrogen and oxygen atoms in total. The van der Waals surface area contributed by atoms with E-state index in [4.69, 9.17) is 5.11 Å². The summed E-state index contributed by atoms with van der Waals surface area (Å²) in [5.74, 6) is -4.43. The molecular weight excluding hydrogens is 268 g/mol. The number of nitrogens with zero attached hydrogens (tertiary/aromatic N) is 1. The van der Waals surface area contributed by atoms with Crippen molar-refractivity contribution < 1.29 is 23.5 Å². The quantitative estimate of drug-likeness (QED) is 0.903. The van der Waals surface area contributed by atoms with Gasteiger partial charge in [-0.05, 0) is 6.07 Å². The second kappa shape index (κ2) is 6.45. The minimum atomic E-state index is -1.06. The Bertz CT molecular complexity index is 519. The number of aliphatic carboxylic acids is 1. The molecule has 0 fully saturated rings. The van der Waals surface area contributed by atoms with Crippen LogP contribution in [0.1, 0.15) is 19.4 Å². The number of halogens is 2. The molecule has 0 radical (unpaired) electrons. The Morgan fingerprint density at radius 1 is 1.25 bits per heavy atom. The first-order valence-corrected chi connectivity index (χ1v) is 6.15. The average molecular weight is 285 g/mol. The van der Waals surface area contributed by atoms with Crippen LogP contribution in [-0.4, -0.2) is 28.9 Å². The predicted molar refractivity (Wildman–Crippen MR) is 68.8 cm³/mol. The first-order valence-electron chi connectivity index (χ1n) is 6.15. The van der Waals surface area contributed by atoms with Gasteiger partial charge in [0.15, 0.2) is 0 Å². The molecule has 1 N–H and O–H groups in total. The fraction of sp³-hybridized carbons (Fsp3) is 0.429. The van der Waals surface area contributed by atoms with Gasteiger partial charge in [0.1, 0.15) is 11.6 Å². The van der Waals surface area contributed by atoms with E-state index < -0.39 is 35.3 Å². The fourth-order valence-corrected chi connectivity index (χ4v) is 1.76. The SMILES string of the molecule is CC(C(=O)O)C(C)C(=O)N(C)Cc1ccc(F)cc1F. The van der Waals surface area contributed by atoms with E-state index in [0.29, 0.717) is 0 Å². The third-order valence-electron chi connectivity index (χ3n) is 3.33. The Kier molecular flexibility index (Phi) is 5.19. The lowest BCUT2D eigenvalue weighted by Crippen LogP contribution is -2.36. The van der Waals surface area contributed by atoms with Gasteiger partial charge in [-0.3, -0.25) is 9.59 Å². The van der Waals surface area contributed by atoms with Crippen LogP contribution in [0.15, 0.2) is 18.2 Å². The van der Waals surface area contributed by atoms with Crippen LogP contribution in [-0.2, 0) is 16.1 Å². The van der Waals surface area contributed by atoms with Gasteiger partial charge in [-0.2, -0.15) is 0 Å². The molecule has 0 aliphatic carbocycles. The summed E-state index contributed by atoms with van der Waals surface area (Å²) in [6.07, 6.45) is 0. The molecule has 1 aromatic rings. The van der Waals surface area contributed by atoms with Crippen molar-refractivity contribution in [3.05, 3.63) is 35.4 Å². The van der Waals surface area contributed by atoms with E-state index in [2.05, 4.69) is 0 Å². The van der Waals surface area contributed by atoms with Crippen molar-refractivity contribution in [2.45, 2.75) is 20.4 Å². The lowest BCUT2D eigenvalue weighted by molar-refractivity contribution is -0.148. The third kappa shape index (κ3) is 3.76. The third-order valence-corrected chi connectivity index (χ3v) is 3.33. The van der Waals surface area contributed by atoms with E-state index in [-0.39, 0.29) is 12.1 Å². The summed E-state index contributed by atoms with van der Waals surface area (Å²) >= 11 is 0. The highest BCUT2D eigenvalue weighted by Gasteiger charge is 2.28. The number of carboxylic acid groups (broad SMARTS) is 1. The number of carbonyl (C=O) groups excluding carboxylic acids is 1. The Hall–Kier alpha value is -1.98. The number of benzene rings is 1. The van der Waals surface area contributed by atoms with Crippen LogP contribution in [0.5, 0.6) is 0 Å². The summed E-state index contributed by atoms with van der Waals surface area (Å²) in [6, 6.07) is 3.12. The van der Waals surface area contributed by atoms with Crippen LogP contribution in [0, 0.1) is 23.5 Å². The molecule has 2 atom stereocenters. The molecule has 0 saturated heterocycles. The Morgan fingerprint density at radius 2 is 1.85 bits per heavy atom. The van der Waals surface area contributed by atoms with Crippen molar-refractivity contribution >= 4 is 11.9 Å². The zero-order valence-electron chi connectivity index (χ0n) is 11.6. The summed E-state index contributed by atoms with van der Waals surface area (Å²) in [5.41, 5.74) is 0.178. The minimum absolute atomic E-state index is 0.0401.